The number of carbonyl (C=O) groups is 1. The van der Waals surface area contributed by atoms with Crippen LogP contribution in [0.5, 0.6) is 0 Å². The molecule has 1 aromatic rings. The predicted molar refractivity (Wildman–Crippen MR) is 89.8 cm³/mol. The molecule has 0 atom stereocenters. The van der Waals surface area contributed by atoms with Gasteiger partial charge in [-0.25, -0.2) is 0 Å². The van der Waals surface area contributed by atoms with Crippen molar-refractivity contribution in [3.8, 4) is 0 Å². The highest BCUT2D eigenvalue weighted by molar-refractivity contribution is 5.55. The minimum absolute atomic E-state index is 0.596. The molecule has 2 rings (SSSR count). The van der Waals surface area contributed by atoms with E-state index in [1.165, 1.54) is 17.5 Å². The zero-order valence-electron chi connectivity index (χ0n) is 13.1. The fourth-order valence-electron chi connectivity index (χ4n) is 2.36. The number of hydrogen-bond acceptors (Lipinski definition) is 1. The Morgan fingerprint density at radius 2 is 1.71 bits per heavy atom. The minimum atomic E-state index is 0.596. The molecular weight excluding hydrogens is 258 g/mol. The summed E-state index contributed by atoms with van der Waals surface area (Å²) < 4.78 is 0. The standard InChI is InChI=1S/C16H17NO.C3H8/c1-3-13-9-10-14-7-5-6-8-15(14)11-17(12-18)16(13)4-2;1-3-2/h3-8,12H,1-2,9-11H2;3H2,1-2H3/b16-13-;. The van der Waals surface area contributed by atoms with Crippen molar-refractivity contribution in [3.05, 3.63) is 72.0 Å². The first-order valence-electron chi connectivity index (χ1n) is 7.48. The van der Waals surface area contributed by atoms with Crippen molar-refractivity contribution < 1.29 is 4.79 Å². The molecule has 0 saturated heterocycles. The third kappa shape index (κ3) is 4.45. The topological polar surface area (TPSA) is 20.3 Å². The Bertz CT molecular complexity index is 528. The molecular formula is C19H25NO. The smallest absolute Gasteiger partial charge is 0.214 e. The molecule has 1 aliphatic heterocycles. The van der Waals surface area contributed by atoms with Gasteiger partial charge in [0.1, 0.15) is 0 Å². The van der Waals surface area contributed by atoms with E-state index < -0.39 is 0 Å². The van der Waals surface area contributed by atoms with Crippen LogP contribution in [0.25, 0.3) is 0 Å². The van der Waals surface area contributed by atoms with E-state index in [0.717, 1.165) is 30.5 Å². The van der Waals surface area contributed by atoms with E-state index in [9.17, 15) is 4.79 Å². The molecule has 1 heterocycles. The van der Waals surface area contributed by atoms with E-state index in [-0.39, 0.29) is 0 Å². The normalized spacial score (nSPS) is 17.5. The first-order chi connectivity index (χ1) is 10.2. The van der Waals surface area contributed by atoms with Gasteiger partial charge in [0, 0.05) is 5.70 Å². The van der Waals surface area contributed by atoms with Gasteiger partial charge < -0.3 is 4.90 Å². The van der Waals surface area contributed by atoms with Crippen LogP contribution in [0.15, 0.2) is 60.8 Å². The molecule has 0 radical (unpaired) electrons. The molecule has 0 N–H and O–H groups in total. The second-order valence-electron chi connectivity index (χ2n) is 5.03. The largest absolute Gasteiger partial charge is 0.310 e. The zero-order chi connectivity index (χ0) is 15.7. The number of allylic oxidation sites excluding steroid dienone is 3. The van der Waals surface area contributed by atoms with E-state index in [1.807, 2.05) is 18.2 Å². The summed E-state index contributed by atoms with van der Waals surface area (Å²) in [5, 5.41) is 0. The molecule has 0 saturated carbocycles. The fourth-order valence-corrected chi connectivity index (χ4v) is 2.36. The molecule has 0 fully saturated rings. The van der Waals surface area contributed by atoms with Crippen molar-refractivity contribution in [2.24, 2.45) is 0 Å². The van der Waals surface area contributed by atoms with Crippen molar-refractivity contribution in [3.63, 3.8) is 0 Å². The predicted octanol–water partition coefficient (Wildman–Crippen LogP) is 4.63. The summed E-state index contributed by atoms with van der Waals surface area (Å²) in [5.74, 6) is 0. The highest BCUT2D eigenvalue weighted by Gasteiger charge is 2.16. The van der Waals surface area contributed by atoms with Gasteiger partial charge in [-0.15, -0.1) is 0 Å². The number of fused-ring (bicyclic) bond motifs is 1. The van der Waals surface area contributed by atoms with Crippen molar-refractivity contribution in [1.82, 2.24) is 4.90 Å². The molecule has 1 aliphatic rings. The van der Waals surface area contributed by atoms with Crippen LogP contribution in [0.2, 0.25) is 0 Å². The average Bonchev–Trinajstić information content (AvgIpc) is 2.49. The highest BCUT2D eigenvalue weighted by Crippen LogP contribution is 2.25. The second kappa shape index (κ2) is 8.96. The van der Waals surface area contributed by atoms with Gasteiger partial charge in [0.2, 0.25) is 6.41 Å². The molecule has 2 nitrogen and oxygen atoms in total. The molecule has 0 aliphatic carbocycles. The van der Waals surface area contributed by atoms with E-state index in [4.69, 9.17) is 0 Å². The number of amides is 1. The Labute approximate surface area is 128 Å². The highest BCUT2D eigenvalue weighted by atomic mass is 16.1. The third-order valence-corrected chi connectivity index (χ3v) is 3.33. The number of carbonyl (C=O) groups excluding carboxylic acids is 1. The zero-order valence-corrected chi connectivity index (χ0v) is 13.1. The van der Waals surface area contributed by atoms with Gasteiger partial charge in [0.25, 0.3) is 0 Å². The van der Waals surface area contributed by atoms with Gasteiger partial charge in [0.05, 0.1) is 6.54 Å². The Kier molecular flexibility index (Phi) is 7.24. The lowest BCUT2D eigenvalue weighted by atomic mass is 9.95. The van der Waals surface area contributed by atoms with Crippen LogP contribution in [-0.4, -0.2) is 11.3 Å². The third-order valence-electron chi connectivity index (χ3n) is 3.33. The summed E-state index contributed by atoms with van der Waals surface area (Å²) in [5.41, 5.74) is 4.44. The Morgan fingerprint density at radius 3 is 2.24 bits per heavy atom. The lowest BCUT2D eigenvalue weighted by Gasteiger charge is -2.25. The first kappa shape index (κ1) is 17.0. The molecule has 21 heavy (non-hydrogen) atoms. The van der Waals surface area contributed by atoms with Crippen LogP contribution in [0.1, 0.15) is 37.8 Å². The lowest BCUT2D eigenvalue weighted by Crippen LogP contribution is -2.23. The lowest BCUT2D eigenvalue weighted by molar-refractivity contribution is -0.116. The Balaban J connectivity index is 0.000000677. The van der Waals surface area contributed by atoms with Gasteiger partial charge in [-0.2, -0.15) is 0 Å². The molecule has 1 aromatic carbocycles. The Hall–Kier alpha value is -2.09. The number of hydrogen-bond donors (Lipinski definition) is 0. The van der Waals surface area contributed by atoms with E-state index >= 15 is 0 Å². The fraction of sp³-hybridized carbons (Fsp3) is 0.316. The average molecular weight is 283 g/mol. The summed E-state index contributed by atoms with van der Waals surface area (Å²) in [4.78, 5) is 13.0. The number of rotatable bonds is 3. The van der Waals surface area contributed by atoms with E-state index in [2.05, 4.69) is 39.1 Å². The van der Waals surface area contributed by atoms with Crippen molar-refractivity contribution in [2.45, 2.75) is 39.7 Å². The van der Waals surface area contributed by atoms with Crippen molar-refractivity contribution >= 4 is 6.41 Å². The molecule has 0 unspecified atom stereocenters. The monoisotopic (exact) mass is 283 g/mol. The van der Waals surface area contributed by atoms with Crippen LogP contribution in [0.4, 0.5) is 0 Å². The molecule has 0 bridgehead atoms. The minimum Gasteiger partial charge on any atom is -0.310 e. The van der Waals surface area contributed by atoms with E-state index in [0.29, 0.717) is 6.54 Å². The second-order valence-corrected chi connectivity index (χ2v) is 5.03. The van der Waals surface area contributed by atoms with Gasteiger partial charge in [-0.1, -0.05) is 63.8 Å². The van der Waals surface area contributed by atoms with Crippen molar-refractivity contribution in [1.29, 1.82) is 0 Å². The van der Waals surface area contributed by atoms with Gasteiger partial charge in [-0.3, -0.25) is 4.79 Å². The molecule has 0 aromatic heterocycles. The quantitative estimate of drug-likeness (QED) is 0.740. The van der Waals surface area contributed by atoms with Crippen LogP contribution in [-0.2, 0) is 17.8 Å². The number of aryl methyl sites for hydroxylation is 1. The molecule has 1 amide bonds. The van der Waals surface area contributed by atoms with Crippen LogP contribution >= 0.6 is 0 Å². The van der Waals surface area contributed by atoms with Crippen molar-refractivity contribution in [2.75, 3.05) is 0 Å². The molecule has 2 heteroatoms. The summed E-state index contributed by atoms with van der Waals surface area (Å²) in [6.45, 7) is 12.5. The van der Waals surface area contributed by atoms with Crippen LogP contribution in [0.3, 0.4) is 0 Å². The maximum absolute atomic E-state index is 11.3. The van der Waals surface area contributed by atoms with Gasteiger partial charge in [-0.05, 0) is 35.6 Å². The van der Waals surface area contributed by atoms with Crippen LogP contribution < -0.4 is 0 Å². The Morgan fingerprint density at radius 1 is 1.10 bits per heavy atom. The van der Waals surface area contributed by atoms with Crippen LogP contribution in [0, 0.1) is 0 Å². The maximum Gasteiger partial charge on any atom is 0.214 e. The summed E-state index contributed by atoms with van der Waals surface area (Å²) in [6, 6.07) is 8.25. The maximum atomic E-state index is 11.3. The molecule has 112 valence electrons. The summed E-state index contributed by atoms with van der Waals surface area (Å²) in [7, 11) is 0. The number of nitrogens with zero attached hydrogens (tertiary/aromatic N) is 1. The summed E-state index contributed by atoms with van der Waals surface area (Å²) in [6.07, 6.45) is 7.52. The molecule has 0 spiro atoms. The SMILES string of the molecule is C=C/C1=C(\C=C)N(C=O)Cc2ccccc2CC1.CCC. The van der Waals surface area contributed by atoms with Gasteiger partial charge in [0.15, 0.2) is 0 Å². The number of benzene rings is 1. The van der Waals surface area contributed by atoms with E-state index in [1.54, 1.807) is 11.0 Å². The summed E-state index contributed by atoms with van der Waals surface area (Å²) >= 11 is 0. The first-order valence-corrected chi connectivity index (χ1v) is 7.48. The van der Waals surface area contributed by atoms with Gasteiger partial charge >= 0.3 is 0 Å².